The standard InChI is InChI=1S/C20H23NO4/c1-4-21(13-16-8-10-18(24-3)11-9-16)20(23)14-25-19-7-5-6-17(12-19)15(2)22/h5-12H,4,13-14H2,1-3H3. The third kappa shape index (κ3) is 5.35. The number of hydrogen-bond donors (Lipinski definition) is 0. The molecule has 0 saturated heterocycles. The van der Waals surface area contributed by atoms with Crippen LogP contribution in [-0.4, -0.2) is 36.9 Å². The Bertz CT molecular complexity index is 725. The summed E-state index contributed by atoms with van der Waals surface area (Å²) in [6, 6.07) is 14.5. The van der Waals surface area contributed by atoms with Crippen LogP contribution in [0.3, 0.4) is 0 Å². The Morgan fingerprint density at radius 3 is 2.36 bits per heavy atom. The number of ether oxygens (including phenoxy) is 2. The number of ketones is 1. The van der Waals surface area contributed by atoms with Crippen molar-refractivity contribution < 1.29 is 19.1 Å². The maximum atomic E-state index is 12.4. The second kappa shape index (κ2) is 8.87. The largest absolute Gasteiger partial charge is 0.497 e. The van der Waals surface area contributed by atoms with Crippen molar-refractivity contribution in [1.29, 1.82) is 0 Å². The van der Waals surface area contributed by atoms with E-state index in [-0.39, 0.29) is 18.3 Å². The SMILES string of the molecule is CCN(Cc1ccc(OC)cc1)C(=O)COc1cccc(C(C)=O)c1. The lowest BCUT2D eigenvalue weighted by atomic mass is 10.1. The molecule has 2 aromatic carbocycles. The Hall–Kier alpha value is -2.82. The smallest absolute Gasteiger partial charge is 0.260 e. The molecule has 132 valence electrons. The molecular formula is C20H23NO4. The average Bonchev–Trinajstić information content (AvgIpc) is 2.64. The first kappa shape index (κ1) is 18.5. The van der Waals surface area contributed by atoms with Gasteiger partial charge in [0.15, 0.2) is 12.4 Å². The Kier molecular flexibility index (Phi) is 6.57. The summed E-state index contributed by atoms with van der Waals surface area (Å²) in [5.41, 5.74) is 1.59. The number of likely N-dealkylation sites (N-methyl/N-ethyl adjacent to an activating group) is 1. The van der Waals surface area contributed by atoms with Crippen LogP contribution < -0.4 is 9.47 Å². The minimum Gasteiger partial charge on any atom is -0.497 e. The van der Waals surface area contributed by atoms with Gasteiger partial charge in [-0.1, -0.05) is 24.3 Å². The molecule has 5 heteroatoms. The van der Waals surface area contributed by atoms with Gasteiger partial charge in [0.1, 0.15) is 11.5 Å². The zero-order valence-electron chi connectivity index (χ0n) is 14.8. The average molecular weight is 341 g/mol. The van der Waals surface area contributed by atoms with E-state index in [4.69, 9.17) is 9.47 Å². The van der Waals surface area contributed by atoms with Gasteiger partial charge in [0.25, 0.3) is 5.91 Å². The van der Waals surface area contributed by atoms with Crippen LogP contribution in [0.4, 0.5) is 0 Å². The highest BCUT2D eigenvalue weighted by Crippen LogP contribution is 2.15. The third-order valence-electron chi connectivity index (χ3n) is 3.87. The number of carbonyl (C=O) groups excluding carboxylic acids is 2. The topological polar surface area (TPSA) is 55.8 Å². The van der Waals surface area contributed by atoms with E-state index in [1.165, 1.54) is 6.92 Å². The molecule has 2 rings (SSSR count). The lowest BCUT2D eigenvalue weighted by molar-refractivity contribution is -0.133. The number of rotatable bonds is 8. The highest BCUT2D eigenvalue weighted by molar-refractivity contribution is 5.94. The number of nitrogens with zero attached hydrogens (tertiary/aromatic N) is 1. The molecule has 0 aliphatic carbocycles. The summed E-state index contributed by atoms with van der Waals surface area (Å²) in [5.74, 6) is 1.16. The normalized spacial score (nSPS) is 10.2. The molecule has 0 unspecified atom stereocenters. The number of carbonyl (C=O) groups is 2. The predicted octanol–water partition coefficient (Wildman–Crippen LogP) is 3.33. The molecule has 0 saturated carbocycles. The summed E-state index contributed by atoms with van der Waals surface area (Å²) in [6.07, 6.45) is 0. The fourth-order valence-corrected chi connectivity index (χ4v) is 2.37. The number of amides is 1. The zero-order valence-corrected chi connectivity index (χ0v) is 14.8. The van der Waals surface area contributed by atoms with Gasteiger partial charge >= 0.3 is 0 Å². The monoisotopic (exact) mass is 341 g/mol. The van der Waals surface area contributed by atoms with E-state index in [0.717, 1.165) is 11.3 Å². The van der Waals surface area contributed by atoms with Gasteiger partial charge in [-0.25, -0.2) is 0 Å². The Morgan fingerprint density at radius 1 is 1.04 bits per heavy atom. The second-order valence-corrected chi connectivity index (χ2v) is 5.63. The van der Waals surface area contributed by atoms with Gasteiger partial charge in [0.2, 0.25) is 0 Å². The van der Waals surface area contributed by atoms with Gasteiger partial charge in [-0.2, -0.15) is 0 Å². The molecule has 0 bridgehead atoms. The van der Waals surface area contributed by atoms with Crippen LogP contribution in [0.1, 0.15) is 29.8 Å². The van der Waals surface area contributed by atoms with Gasteiger partial charge in [-0.3, -0.25) is 9.59 Å². The summed E-state index contributed by atoms with van der Waals surface area (Å²) in [4.78, 5) is 25.5. The molecule has 0 fully saturated rings. The molecule has 0 aliphatic heterocycles. The van der Waals surface area contributed by atoms with Gasteiger partial charge in [0, 0.05) is 18.7 Å². The molecule has 0 N–H and O–H groups in total. The molecule has 25 heavy (non-hydrogen) atoms. The van der Waals surface area contributed by atoms with Gasteiger partial charge < -0.3 is 14.4 Å². The molecular weight excluding hydrogens is 318 g/mol. The summed E-state index contributed by atoms with van der Waals surface area (Å²) < 4.78 is 10.7. The van der Waals surface area contributed by atoms with E-state index < -0.39 is 0 Å². The first-order valence-corrected chi connectivity index (χ1v) is 8.18. The zero-order chi connectivity index (χ0) is 18.2. The van der Waals surface area contributed by atoms with E-state index in [2.05, 4.69) is 0 Å². The number of benzene rings is 2. The van der Waals surface area contributed by atoms with Crippen LogP contribution in [0.2, 0.25) is 0 Å². The fraction of sp³-hybridized carbons (Fsp3) is 0.300. The summed E-state index contributed by atoms with van der Waals surface area (Å²) in [5, 5.41) is 0. The van der Waals surface area contributed by atoms with Crippen molar-refractivity contribution in [2.24, 2.45) is 0 Å². The van der Waals surface area contributed by atoms with Crippen molar-refractivity contribution in [3.8, 4) is 11.5 Å². The van der Waals surface area contributed by atoms with E-state index in [1.807, 2.05) is 31.2 Å². The summed E-state index contributed by atoms with van der Waals surface area (Å²) in [6.45, 7) is 4.46. The first-order chi connectivity index (χ1) is 12.0. The van der Waals surface area contributed by atoms with Crippen molar-refractivity contribution in [3.05, 3.63) is 59.7 Å². The van der Waals surface area contributed by atoms with Crippen LogP contribution in [0, 0.1) is 0 Å². The van der Waals surface area contributed by atoms with Crippen LogP contribution in [0.5, 0.6) is 11.5 Å². The highest BCUT2D eigenvalue weighted by atomic mass is 16.5. The van der Waals surface area contributed by atoms with Crippen molar-refractivity contribution in [1.82, 2.24) is 4.90 Å². The van der Waals surface area contributed by atoms with Crippen LogP contribution >= 0.6 is 0 Å². The van der Waals surface area contributed by atoms with Crippen LogP contribution in [0.15, 0.2) is 48.5 Å². The maximum absolute atomic E-state index is 12.4. The van der Waals surface area contributed by atoms with Crippen LogP contribution in [-0.2, 0) is 11.3 Å². The number of methoxy groups -OCH3 is 1. The van der Waals surface area contributed by atoms with E-state index in [1.54, 1.807) is 36.3 Å². The van der Waals surface area contributed by atoms with Gasteiger partial charge in [-0.15, -0.1) is 0 Å². The Balaban J connectivity index is 1.95. The molecule has 0 spiro atoms. The molecule has 0 atom stereocenters. The first-order valence-electron chi connectivity index (χ1n) is 8.18. The maximum Gasteiger partial charge on any atom is 0.260 e. The second-order valence-electron chi connectivity index (χ2n) is 5.63. The molecule has 0 radical (unpaired) electrons. The lowest BCUT2D eigenvalue weighted by Crippen LogP contribution is -2.34. The lowest BCUT2D eigenvalue weighted by Gasteiger charge is -2.21. The molecule has 5 nitrogen and oxygen atoms in total. The highest BCUT2D eigenvalue weighted by Gasteiger charge is 2.13. The fourth-order valence-electron chi connectivity index (χ4n) is 2.37. The van der Waals surface area contributed by atoms with Crippen LogP contribution in [0.25, 0.3) is 0 Å². The molecule has 0 aromatic heterocycles. The van der Waals surface area contributed by atoms with Crippen molar-refractivity contribution in [2.45, 2.75) is 20.4 Å². The van der Waals surface area contributed by atoms with Crippen molar-refractivity contribution in [2.75, 3.05) is 20.3 Å². The van der Waals surface area contributed by atoms with Gasteiger partial charge in [-0.05, 0) is 43.7 Å². The quantitative estimate of drug-likeness (QED) is 0.691. The summed E-state index contributed by atoms with van der Waals surface area (Å²) in [7, 11) is 1.62. The molecule has 0 heterocycles. The third-order valence-corrected chi connectivity index (χ3v) is 3.87. The minimum absolute atomic E-state index is 0.0357. The van der Waals surface area contributed by atoms with E-state index >= 15 is 0 Å². The van der Waals surface area contributed by atoms with E-state index in [9.17, 15) is 9.59 Å². The molecule has 1 amide bonds. The number of Topliss-reactive ketones (excluding diaryl/α,β-unsaturated/α-hetero) is 1. The molecule has 0 aliphatic rings. The minimum atomic E-state index is -0.105. The Morgan fingerprint density at radius 2 is 1.76 bits per heavy atom. The van der Waals surface area contributed by atoms with Gasteiger partial charge in [0.05, 0.1) is 7.11 Å². The van der Waals surface area contributed by atoms with Crippen molar-refractivity contribution in [3.63, 3.8) is 0 Å². The predicted molar refractivity (Wildman–Crippen MR) is 96.0 cm³/mol. The Labute approximate surface area is 148 Å². The van der Waals surface area contributed by atoms with E-state index in [0.29, 0.717) is 24.4 Å². The van der Waals surface area contributed by atoms with Crippen molar-refractivity contribution >= 4 is 11.7 Å². The summed E-state index contributed by atoms with van der Waals surface area (Å²) >= 11 is 0. The number of hydrogen-bond acceptors (Lipinski definition) is 4. The molecule has 2 aromatic rings.